The van der Waals surface area contributed by atoms with Crippen LogP contribution < -0.4 is 11.1 Å². The fourth-order valence-electron chi connectivity index (χ4n) is 4.59. The average Bonchev–Trinajstić information content (AvgIpc) is 3.43. The molecule has 0 aliphatic carbocycles. The normalized spacial score (nSPS) is 18.2. The maximum Gasteiger partial charge on any atom is 0.418 e. The summed E-state index contributed by atoms with van der Waals surface area (Å²) in [5.41, 5.74) is 4.08. The molecule has 3 aromatic rings. The number of halogens is 10. The SMILES string of the molecule is Cc1ccc(-c2cc(C(F)(F)F)c3c(N)ncnn23)cc1C(=O)N[C@@H]1CN(C(=O)CC(C(F)(F)F)C(F)(F)F)C[C@@H]1F. The summed E-state index contributed by atoms with van der Waals surface area (Å²) in [5, 5.41) is 6.07. The predicted octanol–water partition coefficient (Wildman–Crippen LogP) is 4.72. The van der Waals surface area contributed by atoms with Crippen LogP contribution in [0.5, 0.6) is 0 Å². The van der Waals surface area contributed by atoms with Crippen LogP contribution in [0.4, 0.5) is 49.7 Å². The first kappa shape index (κ1) is 30.8. The topological polar surface area (TPSA) is 106 Å². The van der Waals surface area contributed by atoms with E-state index in [9.17, 15) is 53.5 Å². The molecule has 3 heterocycles. The highest BCUT2D eigenvalue weighted by atomic mass is 19.4. The number of aryl methyl sites for hydroxylation is 1. The molecule has 1 fully saturated rings. The maximum absolute atomic E-state index is 14.7. The van der Waals surface area contributed by atoms with E-state index in [1.807, 2.05) is 0 Å². The minimum absolute atomic E-state index is 0.0692. The van der Waals surface area contributed by atoms with Crippen molar-refractivity contribution in [3.8, 4) is 11.3 Å². The van der Waals surface area contributed by atoms with Gasteiger partial charge >= 0.3 is 18.5 Å². The van der Waals surface area contributed by atoms with Gasteiger partial charge < -0.3 is 16.0 Å². The third-order valence-electron chi connectivity index (χ3n) is 6.75. The van der Waals surface area contributed by atoms with Gasteiger partial charge in [-0.2, -0.15) is 44.6 Å². The van der Waals surface area contributed by atoms with Crippen LogP contribution in [0.15, 0.2) is 30.6 Å². The van der Waals surface area contributed by atoms with E-state index in [-0.39, 0.29) is 16.8 Å². The summed E-state index contributed by atoms with van der Waals surface area (Å²) >= 11 is 0. The summed E-state index contributed by atoms with van der Waals surface area (Å²) in [6, 6.07) is 3.22. The molecule has 4 rings (SSSR count). The van der Waals surface area contributed by atoms with E-state index in [1.54, 1.807) is 0 Å². The average molecular weight is 614 g/mol. The summed E-state index contributed by atoms with van der Waals surface area (Å²) < 4.78 is 134. The highest BCUT2D eigenvalue weighted by Crippen LogP contribution is 2.42. The molecular formula is C24H20F10N6O2. The molecular weight excluding hydrogens is 594 g/mol. The number of nitrogens with one attached hydrogen (secondary N) is 1. The smallest absolute Gasteiger partial charge is 0.382 e. The van der Waals surface area contributed by atoms with Gasteiger partial charge in [0.25, 0.3) is 5.91 Å². The van der Waals surface area contributed by atoms with Gasteiger partial charge in [0.15, 0.2) is 11.7 Å². The molecule has 42 heavy (non-hydrogen) atoms. The van der Waals surface area contributed by atoms with Crippen LogP contribution >= 0.6 is 0 Å². The van der Waals surface area contributed by atoms with Gasteiger partial charge in [-0.05, 0) is 24.6 Å². The maximum atomic E-state index is 14.7. The number of aromatic nitrogens is 3. The zero-order valence-corrected chi connectivity index (χ0v) is 21.2. The molecule has 18 heteroatoms. The Morgan fingerprint density at radius 3 is 2.29 bits per heavy atom. The van der Waals surface area contributed by atoms with E-state index in [4.69, 9.17) is 5.73 Å². The molecule has 1 aliphatic rings. The Morgan fingerprint density at radius 2 is 1.69 bits per heavy atom. The van der Waals surface area contributed by atoms with Gasteiger partial charge in [-0.1, -0.05) is 12.1 Å². The number of hydrogen-bond donors (Lipinski definition) is 2. The molecule has 1 saturated heterocycles. The lowest BCUT2D eigenvalue weighted by atomic mass is 10.0. The van der Waals surface area contributed by atoms with Crippen molar-refractivity contribution in [2.24, 2.45) is 5.92 Å². The number of nitrogen functional groups attached to an aromatic ring is 1. The van der Waals surface area contributed by atoms with E-state index in [0.29, 0.717) is 10.5 Å². The third kappa shape index (κ3) is 6.06. The number of carbonyl (C=O) groups excluding carboxylic acids is 2. The fourth-order valence-corrected chi connectivity index (χ4v) is 4.59. The minimum atomic E-state index is -5.76. The van der Waals surface area contributed by atoms with Crippen molar-refractivity contribution < 1.29 is 53.5 Å². The number of amides is 2. The molecule has 0 bridgehead atoms. The van der Waals surface area contributed by atoms with Crippen LogP contribution in [-0.4, -0.2) is 69.0 Å². The van der Waals surface area contributed by atoms with Crippen LogP contribution in [0.3, 0.4) is 0 Å². The zero-order chi connectivity index (χ0) is 31.4. The number of fused-ring (bicyclic) bond motifs is 1. The number of benzene rings is 1. The molecule has 2 aromatic heterocycles. The summed E-state index contributed by atoms with van der Waals surface area (Å²) in [4.78, 5) is 29.3. The second-order valence-electron chi connectivity index (χ2n) is 9.61. The molecule has 0 unspecified atom stereocenters. The number of hydrogen-bond acceptors (Lipinski definition) is 5. The fraction of sp³-hybridized carbons (Fsp3) is 0.417. The van der Waals surface area contributed by atoms with Crippen LogP contribution in [0.1, 0.15) is 27.9 Å². The molecule has 0 radical (unpaired) electrons. The standard InChI is InChI=1S/C24H20F10N6O2/c1-10-2-3-11(16-5-13(22(26,27)28)19-20(35)36-9-37-40(16)19)4-12(10)21(42)38-15-8-39(7-14(15)25)18(41)6-17(23(29,30)31)24(32,33)34/h2-5,9,14-15,17H,6-8H2,1H3,(H,38,42)(H2,35,36,37)/t14-,15+/m0/s1. The molecule has 0 spiro atoms. The van der Waals surface area contributed by atoms with Gasteiger partial charge in [-0.3, -0.25) is 9.59 Å². The molecule has 2 amide bonds. The summed E-state index contributed by atoms with van der Waals surface area (Å²) in [7, 11) is 0. The van der Waals surface area contributed by atoms with Gasteiger partial charge in [0.2, 0.25) is 5.91 Å². The van der Waals surface area contributed by atoms with Crippen molar-refractivity contribution >= 4 is 23.1 Å². The van der Waals surface area contributed by atoms with Gasteiger partial charge in [-0.15, -0.1) is 0 Å². The van der Waals surface area contributed by atoms with Gasteiger partial charge in [0, 0.05) is 24.1 Å². The van der Waals surface area contributed by atoms with E-state index in [0.717, 1.165) is 16.9 Å². The first-order valence-corrected chi connectivity index (χ1v) is 12.0. The molecule has 228 valence electrons. The molecule has 8 nitrogen and oxygen atoms in total. The van der Waals surface area contributed by atoms with Crippen molar-refractivity contribution in [3.63, 3.8) is 0 Å². The van der Waals surface area contributed by atoms with Crippen molar-refractivity contribution in [1.29, 1.82) is 0 Å². The molecule has 0 saturated carbocycles. The number of anilines is 1. The van der Waals surface area contributed by atoms with E-state index >= 15 is 0 Å². The quantitative estimate of drug-likeness (QED) is 0.405. The van der Waals surface area contributed by atoms with E-state index in [2.05, 4.69) is 15.4 Å². The van der Waals surface area contributed by atoms with Crippen LogP contribution in [0.25, 0.3) is 16.8 Å². The van der Waals surface area contributed by atoms with Gasteiger partial charge in [-0.25, -0.2) is 13.9 Å². The second-order valence-corrected chi connectivity index (χ2v) is 9.61. The minimum Gasteiger partial charge on any atom is -0.382 e. The zero-order valence-electron chi connectivity index (χ0n) is 21.2. The number of nitrogens with zero attached hydrogens (tertiary/aromatic N) is 4. The molecule has 2 atom stereocenters. The number of carbonyl (C=O) groups is 2. The van der Waals surface area contributed by atoms with Crippen LogP contribution in [0, 0.1) is 12.8 Å². The Morgan fingerprint density at radius 1 is 1.05 bits per heavy atom. The molecule has 1 aliphatic heterocycles. The number of likely N-dealkylation sites (tertiary alicyclic amines) is 1. The lowest BCUT2D eigenvalue weighted by Crippen LogP contribution is -2.43. The monoisotopic (exact) mass is 614 g/mol. The van der Waals surface area contributed by atoms with Crippen molar-refractivity contribution in [3.05, 3.63) is 47.3 Å². The summed E-state index contributed by atoms with van der Waals surface area (Å²) in [6.07, 6.45) is -19.4. The second kappa shape index (κ2) is 10.6. The Hall–Kier alpha value is -4.12. The van der Waals surface area contributed by atoms with Crippen molar-refractivity contribution in [2.45, 2.75) is 44.1 Å². The van der Waals surface area contributed by atoms with Crippen molar-refractivity contribution in [1.82, 2.24) is 24.8 Å². The lowest BCUT2D eigenvalue weighted by Gasteiger charge is -2.25. The summed E-state index contributed by atoms with van der Waals surface area (Å²) in [5.74, 6) is -6.96. The van der Waals surface area contributed by atoms with Gasteiger partial charge in [0.1, 0.15) is 18.0 Å². The predicted molar refractivity (Wildman–Crippen MR) is 126 cm³/mol. The lowest BCUT2D eigenvalue weighted by molar-refractivity contribution is -0.284. The number of rotatable bonds is 5. The Kier molecular flexibility index (Phi) is 7.79. The van der Waals surface area contributed by atoms with E-state index in [1.165, 1.54) is 25.1 Å². The number of alkyl halides is 10. The first-order chi connectivity index (χ1) is 19.3. The Balaban J connectivity index is 1.56. The van der Waals surface area contributed by atoms with E-state index < -0.39 is 84.9 Å². The van der Waals surface area contributed by atoms with Gasteiger partial charge in [0.05, 0.1) is 23.8 Å². The Bertz CT molecular complexity index is 1500. The van der Waals surface area contributed by atoms with Crippen molar-refractivity contribution in [2.75, 3.05) is 18.8 Å². The highest BCUT2D eigenvalue weighted by Gasteiger charge is 2.57. The van der Waals surface area contributed by atoms with Crippen LogP contribution in [-0.2, 0) is 11.0 Å². The largest absolute Gasteiger partial charge is 0.418 e. The van der Waals surface area contributed by atoms with Crippen LogP contribution in [0.2, 0.25) is 0 Å². The Labute approximate surface area is 229 Å². The first-order valence-electron chi connectivity index (χ1n) is 12.0. The molecule has 1 aromatic carbocycles. The highest BCUT2D eigenvalue weighted by molar-refractivity contribution is 5.97. The third-order valence-corrected chi connectivity index (χ3v) is 6.75. The number of nitrogens with two attached hydrogens (primary N) is 1. The molecule has 3 N–H and O–H groups in total. The summed E-state index contributed by atoms with van der Waals surface area (Å²) in [6.45, 7) is -0.105.